The van der Waals surface area contributed by atoms with Crippen molar-refractivity contribution in [1.82, 2.24) is 24.1 Å². The highest BCUT2D eigenvalue weighted by atomic mass is 31.0. The van der Waals surface area contributed by atoms with Crippen molar-refractivity contribution in [3.63, 3.8) is 0 Å². The standard InChI is InChI=1S/C18H20N5P/c1-2-5-16(13-6-3-4-7-13)22-11-14(10-21-22)17-15-8-9-23(24)18(15)20-12-19-17/h1,8-13,16H,3-7,24H2. The first kappa shape index (κ1) is 15.4. The number of terminal acetylenes is 1. The molecule has 6 heteroatoms. The number of fused-ring (bicyclic) bond motifs is 1. The Balaban J connectivity index is 1.72. The van der Waals surface area contributed by atoms with Crippen LogP contribution in [-0.4, -0.2) is 24.1 Å². The predicted octanol–water partition coefficient (Wildman–Crippen LogP) is 3.69. The molecule has 0 bridgehead atoms. The number of aromatic nitrogens is 5. The first-order valence-corrected chi connectivity index (χ1v) is 8.84. The molecule has 24 heavy (non-hydrogen) atoms. The van der Waals surface area contributed by atoms with Gasteiger partial charge in [-0.3, -0.25) is 4.68 Å². The molecular weight excluding hydrogens is 317 g/mol. The largest absolute Gasteiger partial charge is 0.317 e. The van der Waals surface area contributed by atoms with Gasteiger partial charge in [-0.25, -0.2) is 9.97 Å². The Morgan fingerprint density at radius 1 is 1.33 bits per heavy atom. The fraction of sp³-hybridized carbons (Fsp3) is 0.389. The van der Waals surface area contributed by atoms with E-state index in [0.717, 1.165) is 28.7 Å². The predicted molar refractivity (Wildman–Crippen MR) is 98.3 cm³/mol. The molecule has 0 aromatic carbocycles. The van der Waals surface area contributed by atoms with Gasteiger partial charge in [0.25, 0.3) is 0 Å². The molecule has 1 aliphatic rings. The Morgan fingerprint density at radius 2 is 2.17 bits per heavy atom. The van der Waals surface area contributed by atoms with Gasteiger partial charge < -0.3 is 4.34 Å². The molecule has 4 rings (SSSR count). The number of rotatable bonds is 4. The van der Waals surface area contributed by atoms with E-state index in [4.69, 9.17) is 6.42 Å². The summed E-state index contributed by atoms with van der Waals surface area (Å²) in [4.78, 5) is 8.82. The van der Waals surface area contributed by atoms with Gasteiger partial charge in [-0.1, -0.05) is 12.8 Å². The highest BCUT2D eigenvalue weighted by molar-refractivity contribution is 7.14. The molecule has 0 N–H and O–H groups in total. The summed E-state index contributed by atoms with van der Waals surface area (Å²) in [5.74, 6) is 3.46. The fourth-order valence-corrected chi connectivity index (χ4v) is 4.07. The van der Waals surface area contributed by atoms with Gasteiger partial charge in [-0.05, 0) is 34.2 Å². The van der Waals surface area contributed by atoms with Crippen molar-refractivity contribution in [2.45, 2.75) is 38.1 Å². The van der Waals surface area contributed by atoms with Crippen LogP contribution in [-0.2, 0) is 0 Å². The minimum absolute atomic E-state index is 0.287. The van der Waals surface area contributed by atoms with E-state index < -0.39 is 0 Å². The number of hydrogen-bond donors (Lipinski definition) is 0. The molecule has 3 heterocycles. The average molecular weight is 337 g/mol. The molecule has 0 amide bonds. The van der Waals surface area contributed by atoms with E-state index in [2.05, 4.69) is 41.3 Å². The molecule has 3 aromatic heterocycles. The van der Waals surface area contributed by atoms with Crippen LogP contribution in [0.3, 0.4) is 0 Å². The van der Waals surface area contributed by atoms with Crippen molar-refractivity contribution in [2.75, 3.05) is 0 Å². The van der Waals surface area contributed by atoms with Crippen molar-refractivity contribution in [3.8, 4) is 23.6 Å². The second-order valence-electron chi connectivity index (χ2n) is 6.41. The Labute approximate surface area is 143 Å². The summed E-state index contributed by atoms with van der Waals surface area (Å²) in [5, 5.41) is 5.65. The molecule has 1 aliphatic carbocycles. The van der Waals surface area contributed by atoms with E-state index in [-0.39, 0.29) is 6.04 Å². The monoisotopic (exact) mass is 337 g/mol. The fourth-order valence-electron chi connectivity index (χ4n) is 3.78. The third-order valence-electron chi connectivity index (χ3n) is 4.99. The van der Waals surface area contributed by atoms with Crippen LogP contribution in [0.1, 0.15) is 38.1 Å². The highest BCUT2D eigenvalue weighted by Crippen LogP contribution is 2.36. The SMILES string of the molecule is C#CCC(C1CCCC1)n1cc(-c2ncnc3c2ccn3P)cn1. The van der Waals surface area contributed by atoms with Crippen LogP contribution in [0.5, 0.6) is 0 Å². The van der Waals surface area contributed by atoms with Crippen molar-refractivity contribution in [2.24, 2.45) is 5.92 Å². The molecule has 0 spiro atoms. The lowest BCUT2D eigenvalue weighted by molar-refractivity contribution is 0.316. The molecule has 122 valence electrons. The smallest absolute Gasteiger partial charge is 0.146 e. The van der Waals surface area contributed by atoms with Crippen LogP contribution in [0.25, 0.3) is 22.3 Å². The second kappa shape index (κ2) is 6.37. The molecule has 0 aliphatic heterocycles. The van der Waals surface area contributed by atoms with Crippen LogP contribution in [0, 0.1) is 18.3 Å². The van der Waals surface area contributed by atoms with E-state index in [9.17, 15) is 0 Å². The maximum atomic E-state index is 5.61. The van der Waals surface area contributed by atoms with Crippen LogP contribution >= 0.6 is 9.39 Å². The van der Waals surface area contributed by atoms with Crippen molar-refractivity contribution >= 4 is 20.4 Å². The molecular formula is C18H20N5P. The summed E-state index contributed by atoms with van der Waals surface area (Å²) < 4.78 is 3.97. The molecule has 3 aromatic rings. The Morgan fingerprint density at radius 3 is 2.96 bits per heavy atom. The Hall–Kier alpha value is -2.18. The maximum absolute atomic E-state index is 5.61. The van der Waals surface area contributed by atoms with Gasteiger partial charge in [-0.15, -0.1) is 12.3 Å². The van der Waals surface area contributed by atoms with Gasteiger partial charge in [-0.2, -0.15) is 5.10 Å². The van der Waals surface area contributed by atoms with Crippen LogP contribution < -0.4 is 0 Å². The minimum Gasteiger partial charge on any atom is -0.317 e. The normalized spacial score (nSPS) is 16.5. The van der Waals surface area contributed by atoms with Crippen LogP contribution in [0.4, 0.5) is 0 Å². The molecule has 1 saturated carbocycles. The maximum Gasteiger partial charge on any atom is 0.146 e. The molecule has 2 atom stereocenters. The summed E-state index contributed by atoms with van der Waals surface area (Å²) in [5.41, 5.74) is 2.82. The van der Waals surface area contributed by atoms with E-state index in [1.54, 1.807) is 6.33 Å². The van der Waals surface area contributed by atoms with Gasteiger partial charge in [0.2, 0.25) is 0 Å². The van der Waals surface area contributed by atoms with E-state index >= 15 is 0 Å². The Bertz CT molecular complexity index is 898. The van der Waals surface area contributed by atoms with Crippen molar-refractivity contribution in [3.05, 3.63) is 31.0 Å². The summed E-state index contributed by atoms with van der Waals surface area (Å²) in [6.07, 6.45) is 19.0. The van der Waals surface area contributed by atoms with E-state index in [1.165, 1.54) is 25.7 Å². The summed E-state index contributed by atoms with van der Waals surface area (Å²) in [6, 6.07) is 2.32. The third-order valence-corrected chi connectivity index (χ3v) is 5.41. The first-order chi connectivity index (χ1) is 11.8. The zero-order valence-electron chi connectivity index (χ0n) is 13.5. The van der Waals surface area contributed by atoms with Gasteiger partial charge in [0.1, 0.15) is 12.0 Å². The summed E-state index contributed by atoms with van der Waals surface area (Å²) in [7, 11) is 2.64. The van der Waals surface area contributed by atoms with Crippen LogP contribution in [0.15, 0.2) is 31.0 Å². The third kappa shape index (κ3) is 2.61. The quantitative estimate of drug-likeness (QED) is 0.539. The minimum atomic E-state index is 0.287. The number of nitrogens with zero attached hydrogens (tertiary/aromatic N) is 5. The molecule has 0 saturated heterocycles. The zero-order chi connectivity index (χ0) is 16.5. The average Bonchev–Trinajstić information content (AvgIpc) is 3.34. The van der Waals surface area contributed by atoms with Crippen molar-refractivity contribution < 1.29 is 0 Å². The highest BCUT2D eigenvalue weighted by Gasteiger charge is 2.26. The zero-order valence-corrected chi connectivity index (χ0v) is 14.6. The van der Waals surface area contributed by atoms with Gasteiger partial charge in [0, 0.05) is 29.8 Å². The lowest BCUT2D eigenvalue weighted by Crippen LogP contribution is -2.17. The van der Waals surface area contributed by atoms with Crippen molar-refractivity contribution in [1.29, 1.82) is 0 Å². The topological polar surface area (TPSA) is 48.5 Å². The summed E-state index contributed by atoms with van der Waals surface area (Å²) >= 11 is 0. The van der Waals surface area contributed by atoms with Gasteiger partial charge in [0.15, 0.2) is 0 Å². The molecule has 2 unspecified atom stereocenters. The number of hydrogen-bond acceptors (Lipinski definition) is 3. The van der Waals surface area contributed by atoms with Gasteiger partial charge >= 0.3 is 0 Å². The molecule has 5 nitrogen and oxygen atoms in total. The molecule has 1 fully saturated rings. The Kier molecular flexibility index (Phi) is 4.08. The molecule has 0 radical (unpaired) electrons. The lowest BCUT2D eigenvalue weighted by atomic mass is 9.96. The lowest BCUT2D eigenvalue weighted by Gasteiger charge is -2.21. The second-order valence-corrected chi connectivity index (χ2v) is 6.97. The van der Waals surface area contributed by atoms with Crippen LogP contribution in [0.2, 0.25) is 0 Å². The van der Waals surface area contributed by atoms with Gasteiger partial charge in [0.05, 0.1) is 17.9 Å². The summed E-state index contributed by atoms with van der Waals surface area (Å²) in [6.45, 7) is 0. The first-order valence-electron chi connectivity index (χ1n) is 8.33. The van der Waals surface area contributed by atoms with E-state index in [0.29, 0.717) is 5.92 Å². The van der Waals surface area contributed by atoms with E-state index in [1.807, 2.05) is 22.8 Å².